The quantitative estimate of drug-likeness (QED) is 0.0355. The molecule has 10 aromatic carbocycles. The molecule has 0 aliphatic rings. The van der Waals surface area contributed by atoms with Crippen molar-refractivity contribution < 1.29 is 0 Å². The number of imidazole rings is 1. The van der Waals surface area contributed by atoms with Crippen LogP contribution in [0.3, 0.4) is 0 Å². The second-order valence-corrected chi connectivity index (χ2v) is 32.8. The number of nitrogens with two attached hydrogens (primary N) is 6. The first-order valence-electron chi connectivity index (χ1n) is 38.4. The molecule has 0 spiro atoms. The number of para-hydroxylation sites is 5. The number of nitrogens with one attached hydrogen (secondary N) is 5. The summed E-state index contributed by atoms with van der Waals surface area (Å²) >= 11 is 8.87. The first kappa shape index (κ1) is 80.4. The molecule has 44 heteroatoms. The highest BCUT2D eigenvalue weighted by molar-refractivity contribution is 7.22. The molecule has 0 radical (unpaired) electrons. The standard InChI is InChI=1S/2C18H14N8S.C17H12N8S2.C16H11N7S.C15H13N7S/c19-16-23-17(21-12-6-8-13(9-7-12)25-11-3-10-20-25)24-26(16)18-22-14-4-1-2-5-15(14)27-18;19-16-23-17(21-12-5-7-13(8-6-12)25-10-9-20-11-25)24-26(16)18-22-14-3-1-2-4-15(14)27-18;18-15-21-16(19-11-7-5-10(6-8-11)13-9-26-24-22-13)23-25(15)17-20-12-3-1-2-4-14(12)27-17;17-9-10-4-3-5-11(8-10)19-15-21-14(18)23(22-15)16-20-12-6-1-2-7-13(12)24-16;16-9-5-7-10(8-6-9)18-14-20-13(17)22(21-14)15-19-11-3-1-2-4-12(11)23-15/h2*1-11H,(H3,19,21,23,24);1-9H,(H3,18,19,21,23);1-8H,(H3,18,19,21,22);1-8H,16H2,(H3,17,18,20,21). The minimum absolute atomic E-state index is 0.244. The van der Waals surface area contributed by atoms with Gasteiger partial charge < -0.3 is 65.6 Å². The van der Waals surface area contributed by atoms with Crippen LogP contribution in [0.1, 0.15) is 5.56 Å². The number of nitrogens with zero attached hydrogens (tertiary/aromatic N) is 27. The average molecular weight is 1800 g/mol. The van der Waals surface area contributed by atoms with E-state index in [1.54, 1.807) is 67.8 Å². The molecule has 13 heterocycles. The fraction of sp³-hybridized carbons (Fsp3) is 0. The third-order valence-electron chi connectivity index (χ3n) is 18.5. The van der Waals surface area contributed by atoms with E-state index >= 15 is 0 Å². The van der Waals surface area contributed by atoms with Crippen molar-refractivity contribution >= 4 is 213 Å². The van der Waals surface area contributed by atoms with Gasteiger partial charge >= 0.3 is 0 Å². The van der Waals surface area contributed by atoms with Gasteiger partial charge in [0.05, 0.1) is 74.7 Å². The highest BCUT2D eigenvalue weighted by Crippen LogP contribution is 2.34. The Balaban J connectivity index is 0.000000104. The molecule has 0 aliphatic carbocycles. The van der Waals surface area contributed by atoms with Crippen LogP contribution < -0.4 is 61.0 Å². The van der Waals surface area contributed by atoms with E-state index in [9.17, 15) is 0 Å². The Morgan fingerprint density at radius 1 is 0.328 bits per heavy atom. The topological polar surface area (TPSA) is 519 Å². The van der Waals surface area contributed by atoms with Crippen molar-refractivity contribution in [2.75, 3.05) is 61.0 Å². The van der Waals surface area contributed by atoms with E-state index in [-0.39, 0.29) is 29.7 Å². The van der Waals surface area contributed by atoms with E-state index in [0.717, 1.165) is 102 Å². The summed E-state index contributed by atoms with van der Waals surface area (Å²) in [6.07, 6.45) is 9.03. The number of anilines is 16. The molecular weight excluding hydrogens is 1730 g/mol. The Bertz CT molecular complexity index is 7160. The van der Waals surface area contributed by atoms with E-state index < -0.39 is 0 Å². The molecule has 0 fully saturated rings. The van der Waals surface area contributed by atoms with Gasteiger partial charge in [0.1, 0.15) is 5.69 Å². The zero-order valence-electron chi connectivity index (χ0n) is 66.1. The Labute approximate surface area is 746 Å². The number of hydrogen-bond donors (Lipinski definition) is 11. The Kier molecular flexibility index (Phi) is 22.6. The molecule has 17 N–H and O–H groups in total. The molecule has 0 atom stereocenters. The number of benzene rings is 10. The number of nitrogen functional groups attached to an aromatic ring is 6. The molecule has 0 aliphatic heterocycles. The lowest BCUT2D eigenvalue weighted by Crippen LogP contribution is -2.01. The highest BCUT2D eigenvalue weighted by Gasteiger charge is 2.21. The van der Waals surface area contributed by atoms with E-state index in [1.807, 2.05) is 241 Å². The zero-order chi connectivity index (χ0) is 87.0. The van der Waals surface area contributed by atoms with Crippen LogP contribution in [0.5, 0.6) is 0 Å². The summed E-state index contributed by atoms with van der Waals surface area (Å²) in [4.78, 5) is 48.1. The van der Waals surface area contributed by atoms with Crippen molar-refractivity contribution in [3.8, 4) is 54.4 Å². The van der Waals surface area contributed by atoms with Gasteiger partial charge in [0.15, 0.2) is 0 Å². The molecule has 38 nitrogen and oxygen atoms in total. The van der Waals surface area contributed by atoms with Gasteiger partial charge in [-0.05, 0) is 181 Å². The van der Waals surface area contributed by atoms with E-state index in [4.69, 9.17) is 39.7 Å². The number of hydrogen-bond acceptors (Lipinski definition) is 37. The minimum Gasteiger partial charge on any atom is -0.399 e. The van der Waals surface area contributed by atoms with Crippen LogP contribution >= 0.6 is 68.2 Å². The maximum Gasteiger partial charge on any atom is 0.248 e. The van der Waals surface area contributed by atoms with Crippen molar-refractivity contribution in [1.29, 1.82) is 5.26 Å². The van der Waals surface area contributed by atoms with Gasteiger partial charge in [0.25, 0.3) is 0 Å². The second kappa shape index (κ2) is 36.0. The Hall–Kier alpha value is -17.4. The lowest BCUT2D eigenvalue weighted by atomic mass is 10.1. The largest absolute Gasteiger partial charge is 0.399 e. The number of nitriles is 1. The summed E-state index contributed by atoms with van der Waals surface area (Å²) < 4.78 is 20.6. The van der Waals surface area contributed by atoms with Crippen LogP contribution in [0, 0.1) is 11.3 Å². The molecule has 128 heavy (non-hydrogen) atoms. The molecule has 0 bridgehead atoms. The smallest absolute Gasteiger partial charge is 0.248 e. The van der Waals surface area contributed by atoms with Crippen LogP contribution in [0.15, 0.2) is 285 Å². The van der Waals surface area contributed by atoms with Crippen molar-refractivity contribution in [2.24, 2.45) is 0 Å². The number of thiazole rings is 5. The Morgan fingerprint density at radius 3 is 1.01 bits per heavy atom. The summed E-state index contributed by atoms with van der Waals surface area (Å²) in [5.41, 5.74) is 49.5. The lowest BCUT2D eigenvalue weighted by Gasteiger charge is -2.04. The van der Waals surface area contributed by atoms with Gasteiger partial charge in [-0.3, -0.25) is 0 Å². The van der Waals surface area contributed by atoms with Crippen LogP contribution in [0.2, 0.25) is 0 Å². The molecule has 23 aromatic rings. The van der Waals surface area contributed by atoms with Crippen molar-refractivity contribution in [3.05, 3.63) is 291 Å². The molecule has 0 saturated heterocycles. The van der Waals surface area contributed by atoms with Gasteiger partial charge in [0, 0.05) is 75.5 Å². The first-order valence-corrected chi connectivity index (χ1v) is 43.3. The van der Waals surface area contributed by atoms with Gasteiger partial charge in [0.2, 0.25) is 85.1 Å². The van der Waals surface area contributed by atoms with Gasteiger partial charge in [-0.1, -0.05) is 140 Å². The summed E-state index contributed by atoms with van der Waals surface area (Å²) in [7, 11) is 0. The molecule has 0 amide bonds. The monoisotopic (exact) mass is 1800 g/mol. The van der Waals surface area contributed by atoms with E-state index in [0.29, 0.717) is 66.7 Å². The molecular formula is C84H64N38S6. The van der Waals surface area contributed by atoms with Crippen LogP contribution in [0.4, 0.5) is 93.6 Å². The maximum absolute atomic E-state index is 8.95. The van der Waals surface area contributed by atoms with E-state index in [1.165, 1.54) is 77.6 Å². The average Bonchev–Trinajstić information content (AvgIpc) is 1.67. The number of fused-ring (bicyclic) bond motifs is 5. The fourth-order valence-electron chi connectivity index (χ4n) is 12.5. The SMILES string of the molecule is N#Cc1cccc(Nc2nc(N)n(-c3nc4ccccc4s3)n2)c1.Nc1ccc(Nc2nc(N)n(-c3nc4ccccc4s3)n2)cc1.Nc1nc(Nc2ccc(-c3csnn3)cc2)nn1-c1nc2ccccc2s1.Nc1nc(Nc2ccc(-n3cccn3)cc2)nn1-c1nc2ccccc2s1.Nc1nc(Nc2ccc(-n3ccnc3)cc2)nn1-c1nc2ccccc2s1. The molecule has 0 saturated carbocycles. The van der Waals surface area contributed by atoms with Crippen molar-refractivity contribution in [3.63, 3.8) is 0 Å². The predicted molar refractivity (Wildman–Crippen MR) is 506 cm³/mol. The number of aromatic nitrogens is 26. The fourth-order valence-corrected chi connectivity index (χ4v) is 17.6. The third kappa shape index (κ3) is 18.2. The van der Waals surface area contributed by atoms with Crippen LogP contribution in [-0.4, -0.2) is 128 Å². The first-order chi connectivity index (χ1) is 62.7. The second-order valence-electron chi connectivity index (χ2n) is 27.2. The molecule has 13 aromatic heterocycles. The zero-order valence-corrected chi connectivity index (χ0v) is 71.0. The van der Waals surface area contributed by atoms with Gasteiger partial charge in [-0.15, -0.1) is 30.6 Å². The summed E-state index contributed by atoms with van der Waals surface area (Å²) in [5.74, 6) is 3.37. The highest BCUT2D eigenvalue weighted by atomic mass is 32.1. The third-order valence-corrected chi connectivity index (χ3v) is 24.1. The molecule has 23 rings (SSSR count). The summed E-state index contributed by atoms with van der Waals surface area (Å²) in [6, 6.07) is 81.3. The van der Waals surface area contributed by atoms with Gasteiger partial charge in [-0.2, -0.15) is 58.7 Å². The molecule has 626 valence electrons. The van der Waals surface area contributed by atoms with Crippen LogP contribution in [-0.2, 0) is 0 Å². The van der Waals surface area contributed by atoms with Crippen LogP contribution in [0.25, 0.3) is 99.4 Å². The summed E-state index contributed by atoms with van der Waals surface area (Å²) in [5, 5.41) is 60.2. The minimum atomic E-state index is 0.244. The van der Waals surface area contributed by atoms with Crippen molar-refractivity contribution in [1.82, 2.24) is 128 Å². The predicted octanol–water partition coefficient (Wildman–Crippen LogP) is 16.4. The summed E-state index contributed by atoms with van der Waals surface area (Å²) in [6.45, 7) is 0. The maximum atomic E-state index is 8.95. The normalized spacial score (nSPS) is 11.0. The van der Waals surface area contributed by atoms with Crippen molar-refractivity contribution in [2.45, 2.75) is 0 Å². The van der Waals surface area contributed by atoms with E-state index in [2.05, 4.69) is 128 Å². The molecule has 0 unspecified atom stereocenters. The number of rotatable bonds is 18. The van der Waals surface area contributed by atoms with Gasteiger partial charge in [-0.25, -0.2) is 34.6 Å². The lowest BCUT2D eigenvalue weighted by molar-refractivity contribution is 0.880. The Morgan fingerprint density at radius 2 is 0.680 bits per heavy atom.